The van der Waals surface area contributed by atoms with Crippen LogP contribution < -0.4 is 5.32 Å². The second-order valence-corrected chi connectivity index (χ2v) is 4.10. The van der Waals surface area contributed by atoms with Crippen LogP contribution in [0.3, 0.4) is 0 Å². The standard InChI is InChI=1S/C11H18ClN3O/c1-2-10(8-15-7-6-13-9-15)14-11(16)4-3-5-12/h6-7,9-10H,2-5,8H2,1H3,(H,14,16). The molecule has 0 saturated heterocycles. The Kier molecular flexibility index (Phi) is 5.93. The largest absolute Gasteiger partial charge is 0.352 e. The van der Waals surface area contributed by atoms with Gasteiger partial charge in [-0.15, -0.1) is 11.6 Å². The van der Waals surface area contributed by atoms with E-state index in [-0.39, 0.29) is 11.9 Å². The molecule has 16 heavy (non-hydrogen) atoms. The van der Waals surface area contributed by atoms with Crippen molar-refractivity contribution >= 4 is 17.5 Å². The first-order valence-electron chi connectivity index (χ1n) is 5.57. The SMILES string of the molecule is CCC(Cn1ccnc1)NC(=O)CCCCl. The molecule has 0 radical (unpaired) electrons. The molecule has 5 heteroatoms. The van der Waals surface area contributed by atoms with Crippen LogP contribution in [-0.2, 0) is 11.3 Å². The summed E-state index contributed by atoms with van der Waals surface area (Å²) in [5.74, 6) is 0.610. The van der Waals surface area contributed by atoms with Gasteiger partial charge in [0, 0.05) is 37.3 Å². The summed E-state index contributed by atoms with van der Waals surface area (Å²) < 4.78 is 1.97. The van der Waals surface area contributed by atoms with Gasteiger partial charge in [-0.25, -0.2) is 4.98 Å². The van der Waals surface area contributed by atoms with Crippen LogP contribution in [0.1, 0.15) is 26.2 Å². The minimum absolute atomic E-state index is 0.0765. The van der Waals surface area contributed by atoms with Gasteiger partial charge in [0.15, 0.2) is 0 Å². The highest BCUT2D eigenvalue weighted by molar-refractivity contribution is 6.17. The van der Waals surface area contributed by atoms with Gasteiger partial charge in [-0.05, 0) is 12.8 Å². The average molecular weight is 244 g/mol. The van der Waals surface area contributed by atoms with Crippen LogP contribution in [0.25, 0.3) is 0 Å². The number of hydrogen-bond donors (Lipinski definition) is 1. The lowest BCUT2D eigenvalue weighted by molar-refractivity contribution is -0.121. The van der Waals surface area contributed by atoms with Gasteiger partial charge < -0.3 is 9.88 Å². The predicted molar refractivity (Wildman–Crippen MR) is 64.4 cm³/mol. The van der Waals surface area contributed by atoms with E-state index in [1.165, 1.54) is 0 Å². The maximum atomic E-state index is 11.5. The number of hydrogen-bond acceptors (Lipinski definition) is 2. The fourth-order valence-electron chi connectivity index (χ4n) is 1.45. The van der Waals surface area contributed by atoms with E-state index < -0.39 is 0 Å². The maximum Gasteiger partial charge on any atom is 0.220 e. The number of carbonyl (C=O) groups excluding carboxylic acids is 1. The summed E-state index contributed by atoms with van der Waals surface area (Å²) in [6.45, 7) is 2.83. The van der Waals surface area contributed by atoms with E-state index in [1.807, 2.05) is 10.8 Å². The molecular formula is C11H18ClN3O. The van der Waals surface area contributed by atoms with Gasteiger partial charge in [0.2, 0.25) is 5.91 Å². The second-order valence-electron chi connectivity index (χ2n) is 3.72. The average Bonchev–Trinajstić information content (AvgIpc) is 2.78. The molecule has 0 aliphatic carbocycles. The molecule has 1 aromatic rings. The molecule has 1 aromatic heterocycles. The fourth-order valence-corrected chi connectivity index (χ4v) is 1.59. The van der Waals surface area contributed by atoms with E-state index in [4.69, 9.17) is 11.6 Å². The first-order valence-corrected chi connectivity index (χ1v) is 6.10. The monoisotopic (exact) mass is 243 g/mol. The van der Waals surface area contributed by atoms with E-state index in [0.29, 0.717) is 12.3 Å². The Morgan fingerprint density at radius 3 is 3.00 bits per heavy atom. The van der Waals surface area contributed by atoms with Crippen LogP contribution >= 0.6 is 11.6 Å². The van der Waals surface area contributed by atoms with Gasteiger partial charge in [-0.3, -0.25) is 4.79 Å². The van der Waals surface area contributed by atoms with Crippen molar-refractivity contribution < 1.29 is 4.79 Å². The lowest BCUT2D eigenvalue weighted by atomic mass is 10.2. The van der Waals surface area contributed by atoms with Crippen LogP contribution in [0, 0.1) is 0 Å². The Hall–Kier alpha value is -1.03. The first kappa shape index (κ1) is 13.0. The van der Waals surface area contributed by atoms with Crippen LogP contribution in [-0.4, -0.2) is 27.4 Å². The summed E-state index contributed by atoms with van der Waals surface area (Å²) in [7, 11) is 0. The number of nitrogens with one attached hydrogen (secondary N) is 1. The normalized spacial score (nSPS) is 12.4. The van der Waals surface area contributed by atoms with Gasteiger partial charge in [0.1, 0.15) is 0 Å². The van der Waals surface area contributed by atoms with Crippen molar-refractivity contribution in [1.82, 2.24) is 14.9 Å². The maximum absolute atomic E-state index is 11.5. The van der Waals surface area contributed by atoms with E-state index >= 15 is 0 Å². The van der Waals surface area contributed by atoms with Crippen molar-refractivity contribution in [3.8, 4) is 0 Å². The van der Waals surface area contributed by atoms with Crippen molar-refractivity contribution in [3.63, 3.8) is 0 Å². The number of alkyl halides is 1. The number of amides is 1. The molecule has 1 heterocycles. The number of aromatic nitrogens is 2. The van der Waals surface area contributed by atoms with E-state index in [0.717, 1.165) is 19.4 Å². The zero-order chi connectivity index (χ0) is 11.8. The van der Waals surface area contributed by atoms with Crippen molar-refractivity contribution in [2.75, 3.05) is 5.88 Å². The Morgan fingerprint density at radius 2 is 2.44 bits per heavy atom. The molecule has 90 valence electrons. The molecular weight excluding hydrogens is 226 g/mol. The second kappa shape index (κ2) is 7.28. The van der Waals surface area contributed by atoms with Crippen LogP contribution in [0.5, 0.6) is 0 Å². The minimum Gasteiger partial charge on any atom is -0.352 e. The molecule has 1 rings (SSSR count). The fraction of sp³-hybridized carbons (Fsp3) is 0.636. The zero-order valence-electron chi connectivity index (χ0n) is 9.53. The predicted octanol–water partition coefficient (Wildman–Crippen LogP) is 1.80. The molecule has 1 N–H and O–H groups in total. The van der Waals surface area contributed by atoms with E-state index in [2.05, 4.69) is 17.2 Å². The zero-order valence-corrected chi connectivity index (χ0v) is 10.3. The van der Waals surface area contributed by atoms with E-state index in [1.54, 1.807) is 12.5 Å². The van der Waals surface area contributed by atoms with Crippen molar-refractivity contribution in [1.29, 1.82) is 0 Å². The van der Waals surface area contributed by atoms with Crippen LogP contribution in [0.4, 0.5) is 0 Å². The highest BCUT2D eigenvalue weighted by atomic mass is 35.5. The Morgan fingerprint density at radius 1 is 1.62 bits per heavy atom. The van der Waals surface area contributed by atoms with Crippen LogP contribution in [0.15, 0.2) is 18.7 Å². The summed E-state index contributed by atoms with van der Waals surface area (Å²) >= 11 is 5.54. The quantitative estimate of drug-likeness (QED) is 0.743. The molecule has 0 saturated carbocycles. The molecule has 1 amide bonds. The molecule has 0 aromatic carbocycles. The molecule has 0 aliphatic heterocycles. The molecule has 1 atom stereocenters. The van der Waals surface area contributed by atoms with Gasteiger partial charge in [-0.2, -0.15) is 0 Å². The summed E-state index contributed by atoms with van der Waals surface area (Å²) in [6.07, 6.45) is 7.53. The van der Waals surface area contributed by atoms with E-state index in [9.17, 15) is 4.79 Å². The highest BCUT2D eigenvalue weighted by Crippen LogP contribution is 1.99. The molecule has 4 nitrogen and oxygen atoms in total. The third-order valence-electron chi connectivity index (χ3n) is 2.39. The molecule has 0 bridgehead atoms. The Balaban J connectivity index is 2.34. The molecule has 0 spiro atoms. The van der Waals surface area contributed by atoms with Crippen molar-refractivity contribution in [3.05, 3.63) is 18.7 Å². The number of imidazole rings is 1. The number of halogens is 1. The molecule has 1 unspecified atom stereocenters. The summed E-state index contributed by atoms with van der Waals surface area (Å²) in [5, 5.41) is 2.99. The van der Waals surface area contributed by atoms with Crippen LogP contribution in [0.2, 0.25) is 0 Å². The molecule has 0 aliphatic rings. The van der Waals surface area contributed by atoms with Crippen molar-refractivity contribution in [2.24, 2.45) is 0 Å². The topological polar surface area (TPSA) is 46.9 Å². The number of carbonyl (C=O) groups is 1. The lowest BCUT2D eigenvalue weighted by Crippen LogP contribution is -2.37. The Bertz CT molecular complexity index is 300. The molecule has 0 fully saturated rings. The first-order chi connectivity index (χ1) is 7.76. The van der Waals surface area contributed by atoms with Crippen molar-refractivity contribution in [2.45, 2.75) is 38.8 Å². The Labute approximate surface area is 101 Å². The summed E-state index contributed by atoms with van der Waals surface area (Å²) in [5.41, 5.74) is 0. The van der Waals surface area contributed by atoms with Gasteiger partial charge in [-0.1, -0.05) is 6.92 Å². The summed E-state index contributed by atoms with van der Waals surface area (Å²) in [6, 6.07) is 0.164. The van der Waals surface area contributed by atoms with Gasteiger partial charge in [0.05, 0.1) is 6.33 Å². The van der Waals surface area contributed by atoms with Gasteiger partial charge >= 0.3 is 0 Å². The number of rotatable bonds is 7. The van der Waals surface area contributed by atoms with Gasteiger partial charge in [0.25, 0.3) is 0 Å². The third kappa shape index (κ3) is 4.66. The minimum atomic E-state index is 0.0765. The lowest BCUT2D eigenvalue weighted by Gasteiger charge is -2.17. The summed E-state index contributed by atoms with van der Waals surface area (Å²) in [4.78, 5) is 15.5. The third-order valence-corrected chi connectivity index (χ3v) is 2.65. The number of nitrogens with zero attached hydrogens (tertiary/aromatic N) is 2. The highest BCUT2D eigenvalue weighted by Gasteiger charge is 2.10. The smallest absolute Gasteiger partial charge is 0.220 e.